The van der Waals surface area contributed by atoms with Crippen molar-refractivity contribution < 1.29 is 13.4 Å². The first-order valence-electron chi connectivity index (χ1n) is 6.16. The number of amides is 1. The van der Waals surface area contributed by atoms with E-state index in [1.54, 1.807) is 13.0 Å². The zero-order chi connectivity index (χ0) is 15.5. The lowest BCUT2D eigenvalue weighted by Gasteiger charge is -2.14. The molecule has 6 heteroatoms. The zero-order valence-corrected chi connectivity index (χ0v) is 13.1. The summed E-state index contributed by atoms with van der Waals surface area (Å²) in [7, 11) is 0.0353. The molecule has 1 amide bonds. The molecule has 1 aromatic rings. The van der Waals surface area contributed by atoms with Gasteiger partial charge in [-0.15, -0.1) is 0 Å². The maximum absolute atomic E-state index is 13.8. The first-order valence-corrected chi connectivity index (χ1v) is 7.26. The Morgan fingerprint density at radius 2 is 1.95 bits per heavy atom. The Kier molecular flexibility index (Phi) is 5.16. The number of hydrogen-bond donors (Lipinski definition) is 1. The number of carbonyl (C=O) groups is 1. The van der Waals surface area contributed by atoms with Gasteiger partial charge in [0, 0.05) is 7.05 Å². The van der Waals surface area contributed by atoms with E-state index in [0.29, 0.717) is 11.3 Å². The van der Waals surface area contributed by atoms with Crippen LogP contribution in [0, 0.1) is 5.82 Å². The molecule has 0 aliphatic carbocycles. The van der Waals surface area contributed by atoms with E-state index in [-0.39, 0.29) is 5.56 Å². The van der Waals surface area contributed by atoms with E-state index in [1.165, 1.54) is 19.2 Å². The molecule has 0 bridgehead atoms. The van der Waals surface area contributed by atoms with E-state index < -0.39 is 27.5 Å². The molecule has 0 spiro atoms. The molecule has 0 aromatic heterocycles. The molecule has 0 saturated carbocycles. The lowest BCUT2D eigenvalue weighted by Crippen LogP contribution is -2.21. The maximum Gasteiger partial charge on any atom is 0.253 e. The van der Waals surface area contributed by atoms with Crippen molar-refractivity contribution >= 4 is 22.6 Å². The van der Waals surface area contributed by atoms with Crippen LogP contribution in [-0.2, 0) is 11.0 Å². The van der Waals surface area contributed by atoms with E-state index in [1.807, 2.05) is 20.8 Å². The highest BCUT2D eigenvalue weighted by Crippen LogP contribution is 2.16. The number of nitrogens with one attached hydrogen (secondary N) is 1. The second-order valence-electron chi connectivity index (χ2n) is 5.31. The van der Waals surface area contributed by atoms with Crippen LogP contribution in [0.4, 0.5) is 4.39 Å². The minimum Gasteiger partial charge on any atom is -0.355 e. The molecule has 0 heterocycles. The van der Waals surface area contributed by atoms with Crippen LogP contribution >= 0.6 is 0 Å². The lowest BCUT2D eigenvalue weighted by atomic mass is 10.1. The molecule has 0 aliphatic heterocycles. The Morgan fingerprint density at radius 1 is 1.35 bits per heavy atom. The predicted molar refractivity (Wildman–Crippen MR) is 79.9 cm³/mol. The monoisotopic (exact) mass is 298 g/mol. The van der Waals surface area contributed by atoms with Gasteiger partial charge in [0.1, 0.15) is 16.8 Å². The van der Waals surface area contributed by atoms with Crippen molar-refractivity contribution in [1.29, 1.82) is 0 Å². The summed E-state index contributed by atoms with van der Waals surface area (Å²) in [6.07, 6.45) is 0. The van der Waals surface area contributed by atoms with E-state index in [0.717, 1.165) is 0 Å². The van der Waals surface area contributed by atoms with Gasteiger partial charge in [-0.2, -0.15) is 4.40 Å². The van der Waals surface area contributed by atoms with Gasteiger partial charge in [0.15, 0.2) is 0 Å². The van der Waals surface area contributed by atoms with Crippen LogP contribution in [-0.4, -0.2) is 27.6 Å². The molecule has 0 saturated heterocycles. The number of benzene rings is 1. The topological polar surface area (TPSA) is 58.5 Å². The van der Waals surface area contributed by atoms with Gasteiger partial charge in [-0.25, -0.2) is 8.60 Å². The van der Waals surface area contributed by atoms with Crippen LogP contribution < -0.4 is 5.32 Å². The third kappa shape index (κ3) is 3.96. The van der Waals surface area contributed by atoms with E-state index >= 15 is 0 Å². The molecule has 0 unspecified atom stereocenters. The fraction of sp³-hybridized carbons (Fsp3) is 0.429. The van der Waals surface area contributed by atoms with Gasteiger partial charge in [-0.3, -0.25) is 4.79 Å². The Hall–Kier alpha value is -1.56. The van der Waals surface area contributed by atoms with Gasteiger partial charge < -0.3 is 5.32 Å². The van der Waals surface area contributed by atoms with Crippen molar-refractivity contribution in [3.05, 3.63) is 35.1 Å². The Labute approximate surface area is 121 Å². The second-order valence-corrected chi connectivity index (χ2v) is 7.22. The van der Waals surface area contributed by atoms with Gasteiger partial charge in [0.25, 0.3) is 5.91 Å². The summed E-state index contributed by atoms with van der Waals surface area (Å²) in [6, 6.07) is 4.21. The van der Waals surface area contributed by atoms with Crippen molar-refractivity contribution in [3.63, 3.8) is 0 Å². The number of nitrogens with zero attached hydrogens (tertiary/aromatic N) is 1. The Bertz CT molecular complexity index is 577. The second kappa shape index (κ2) is 6.26. The van der Waals surface area contributed by atoms with Gasteiger partial charge in [0.2, 0.25) is 0 Å². The minimum absolute atomic E-state index is 0.0269. The van der Waals surface area contributed by atoms with Crippen LogP contribution in [0.2, 0.25) is 0 Å². The molecule has 0 aliphatic rings. The molecular formula is C14H19FN2O2S. The summed E-state index contributed by atoms with van der Waals surface area (Å²) in [5.74, 6) is -1.11. The largest absolute Gasteiger partial charge is 0.355 e. The molecule has 1 rings (SSSR count). The number of halogens is 1. The van der Waals surface area contributed by atoms with Gasteiger partial charge in [-0.05, 0) is 45.4 Å². The first-order chi connectivity index (χ1) is 9.16. The van der Waals surface area contributed by atoms with Gasteiger partial charge in [-0.1, -0.05) is 6.07 Å². The minimum atomic E-state index is -1.40. The molecule has 0 radical (unpaired) electrons. The van der Waals surface area contributed by atoms with E-state index in [4.69, 9.17) is 0 Å². The number of carbonyl (C=O) groups excluding carboxylic acids is 1. The van der Waals surface area contributed by atoms with Crippen LogP contribution in [0.3, 0.4) is 0 Å². The van der Waals surface area contributed by atoms with Crippen molar-refractivity contribution in [2.45, 2.75) is 32.4 Å². The molecule has 4 nitrogen and oxygen atoms in total. The highest BCUT2D eigenvalue weighted by molar-refractivity contribution is 7.85. The van der Waals surface area contributed by atoms with E-state index in [2.05, 4.69) is 9.71 Å². The summed E-state index contributed by atoms with van der Waals surface area (Å²) in [4.78, 5) is 11.4. The quantitative estimate of drug-likeness (QED) is 0.871. The molecule has 110 valence electrons. The summed E-state index contributed by atoms with van der Waals surface area (Å²) in [6.45, 7) is 7.11. The SMILES string of the molecule is CNC(=O)c1ccc(/C(C)=N/[S@@](=O)C(C)(C)C)cc1F. The van der Waals surface area contributed by atoms with Crippen LogP contribution in [0.25, 0.3) is 0 Å². The standard InChI is InChI=1S/C14H19FN2O2S/c1-9(17-20(19)14(2,3)4)10-6-7-11(12(15)8-10)13(18)16-5/h6-8H,1-5H3,(H,16,18)/b17-9+/t20-/m0/s1. The molecule has 20 heavy (non-hydrogen) atoms. The predicted octanol–water partition coefficient (Wildman–Crippen LogP) is 2.46. The highest BCUT2D eigenvalue weighted by atomic mass is 32.2. The molecule has 1 atom stereocenters. The lowest BCUT2D eigenvalue weighted by molar-refractivity contribution is 0.0959. The normalized spacial score (nSPS) is 14.0. The molecular weight excluding hydrogens is 279 g/mol. The fourth-order valence-corrected chi connectivity index (χ4v) is 2.00. The zero-order valence-electron chi connectivity index (χ0n) is 12.3. The maximum atomic E-state index is 13.8. The van der Waals surface area contributed by atoms with Crippen LogP contribution in [0.1, 0.15) is 43.6 Å². The summed E-state index contributed by atoms with van der Waals surface area (Å²) in [5, 5.41) is 2.37. The van der Waals surface area contributed by atoms with Crippen molar-refractivity contribution in [1.82, 2.24) is 5.32 Å². The van der Waals surface area contributed by atoms with Crippen LogP contribution in [0.5, 0.6) is 0 Å². The Balaban J connectivity index is 3.10. The third-order valence-electron chi connectivity index (χ3n) is 2.60. The smallest absolute Gasteiger partial charge is 0.253 e. The Morgan fingerprint density at radius 3 is 2.40 bits per heavy atom. The third-order valence-corrected chi connectivity index (χ3v) is 4.09. The average Bonchev–Trinajstić information content (AvgIpc) is 2.36. The highest BCUT2D eigenvalue weighted by Gasteiger charge is 2.19. The van der Waals surface area contributed by atoms with Crippen molar-refractivity contribution in [2.24, 2.45) is 4.40 Å². The molecule has 1 aromatic carbocycles. The molecule has 0 fully saturated rings. The number of hydrogen-bond acceptors (Lipinski definition) is 2. The molecule has 1 N–H and O–H groups in total. The fourth-order valence-electron chi connectivity index (χ4n) is 1.37. The average molecular weight is 298 g/mol. The van der Waals surface area contributed by atoms with Gasteiger partial charge >= 0.3 is 0 Å². The van der Waals surface area contributed by atoms with Crippen molar-refractivity contribution in [2.75, 3.05) is 7.05 Å². The van der Waals surface area contributed by atoms with Crippen molar-refractivity contribution in [3.8, 4) is 0 Å². The summed E-state index contributed by atoms with van der Waals surface area (Å²) < 4.78 is 29.4. The van der Waals surface area contributed by atoms with Gasteiger partial charge in [0.05, 0.1) is 16.0 Å². The van der Waals surface area contributed by atoms with Crippen LogP contribution in [0.15, 0.2) is 22.6 Å². The summed E-state index contributed by atoms with van der Waals surface area (Å²) in [5.41, 5.74) is 0.953. The first kappa shape index (κ1) is 16.5. The van der Waals surface area contributed by atoms with E-state index in [9.17, 15) is 13.4 Å². The summed E-state index contributed by atoms with van der Waals surface area (Å²) >= 11 is 0. The number of rotatable bonds is 3.